The Hall–Kier alpha value is -1.31. The van der Waals surface area contributed by atoms with Crippen LogP contribution in [-0.2, 0) is 6.42 Å². The molecule has 2 heteroatoms. The van der Waals surface area contributed by atoms with E-state index in [0.717, 1.165) is 6.42 Å². The van der Waals surface area contributed by atoms with Gasteiger partial charge < -0.3 is 5.73 Å². The lowest BCUT2D eigenvalue weighted by Gasteiger charge is -2.08. The molecule has 0 fully saturated rings. The molecule has 0 amide bonds. The molecule has 2 N–H and O–H groups in total. The first kappa shape index (κ1) is 12.2. The summed E-state index contributed by atoms with van der Waals surface area (Å²) < 4.78 is 0. The Morgan fingerprint density at radius 2 is 1.71 bits per heavy atom. The molecule has 0 saturated carbocycles. The average Bonchev–Trinajstić information content (AvgIpc) is 2.66. The molecule has 0 unspecified atom stereocenters. The highest BCUT2D eigenvalue weighted by Gasteiger charge is 2.18. The molecule has 0 radical (unpaired) electrons. The quantitative estimate of drug-likeness (QED) is 0.695. The van der Waals surface area contributed by atoms with Gasteiger partial charge in [-0.05, 0) is 41.2 Å². The maximum Gasteiger partial charge on any atom is 0.0266 e. The fourth-order valence-corrected chi connectivity index (χ4v) is 2.45. The fourth-order valence-electron chi connectivity index (χ4n) is 2.45. The monoisotopic (exact) mass is 245 g/mol. The molecule has 1 aliphatic rings. The van der Waals surface area contributed by atoms with E-state index in [1.54, 1.807) is 0 Å². The van der Waals surface area contributed by atoms with Crippen molar-refractivity contribution in [1.29, 1.82) is 0 Å². The first-order valence-electron chi connectivity index (χ1n) is 5.72. The predicted molar refractivity (Wildman–Crippen MR) is 74.5 cm³/mol. The Balaban J connectivity index is 0.00000108. The zero-order valence-corrected chi connectivity index (χ0v) is 10.6. The number of hydrogen-bond acceptors (Lipinski definition) is 1. The summed E-state index contributed by atoms with van der Waals surface area (Å²) in [5, 5.41) is 0. The molecule has 1 atom stereocenters. The third-order valence-electron chi connectivity index (χ3n) is 3.34. The number of fused-ring (bicyclic) bond motifs is 3. The van der Waals surface area contributed by atoms with E-state index in [0.29, 0.717) is 0 Å². The van der Waals surface area contributed by atoms with Crippen molar-refractivity contribution >= 4 is 12.4 Å². The Kier molecular flexibility index (Phi) is 3.23. The molecule has 0 aromatic heterocycles. The van der Waals surface area contributed by atoms with E-state index < -0.39 is 0 Å². The second kappa shape index (κ2) is 4.52. The van der Waals surface area contributed by atoms with Crippen LogP contribution in [0.5, 0.6) is 0 Å². The van der Waals surface area contributed by atoms with Gasteiger partial charge in [-0.15, -0.1) is 12.4 Å². The van der Waals surface area contributed by atoms with Gasteiger partial charge in [0.2, 0.25) is 0 Å². The van der Waals surface area contributed by atoms with Gasteiger partial charge in [0.05, 0.1) is 0 Å². The van der Waals surface area contributed by atoms with Crippen molar-refractivity contribution in [3.05, 3.63) is 59.2 Å². The predicted octanol–water partition coefficient (Wildman–Crippen LogP) is 3.70. The zero-order chi connectivity index (χ0) is 11.1. The van der Waals surface area contributed by atoms with Crippen molar-refractivity contribution in [2.45, 2.75) is 19.4 Å². The SMILES string of the molecule is C[C@H](N)c1ccc2c(c1)Cc1ccccc1-2.Cl. The Bertz CT molecular complexity index is 546. The molecule has 3 rings (SSSR count). The smallest absolute Gasteiger partial charge is 0.0266 e. The van der Waals surface area contributed by atoms with Crippen molar-refractivity contribution in [3.8, 4) is 11.1 Å². The summed E-state index contributed by atoms with van der Waals surface area (Å²) in [6, 6.07) is 15.3. The second-order valence-corrected chi connectivity index (χ2v) is 4.54. The third-order valence-corrected chi connectivity index (χ3v) is 3.34. The summed E-state index contributed by atoms with van der Waals surface area (Å²) in [6.07, 6.45) is 1.05. The Labute approximate surface area is 108 Å². The molecular weight excluding hydrogens is 230 g/mol. The van der Waals surface area contributed by atoms with Crippen LogP contribution in [0.3, 0.4) is 0 Å². The molecule has 17 heavy (non-hydrogen) atoms. The van der Waals surface area contributed by atoms with Crippen molar-refractivity contribution in [2.75, 3.05) is 0 Å². The van der Waals surface area contributed by atoms with E-state index in [-0.39, 0.29) is 18.4 Å². The largest absolute Gasteiger partial charge is 0.324 e. The molecule has 1 nitrogen and oxygen atoms in total. The first-order chi connectivity index (χ1) is 7.75. The van der Waals surface area contributed by atoms with E-state index in [1.807, 2.05) is 6.92 Å². The number of rotatable bonds is 1. The normalized spacial score (nSPS) is 13.5. The maximum atomic E-state index is 5.91. The Morgan fingerprint density at radius 3 is 2.47 bits per heavy atom. The molecule has 0 bridgehead atoms. The van der Waals surface area contributed by atoms with Gasteiger partial charge >= 0.3 is 0 Å². The zero-order valence-electron chi connectivity index (χ0n) is 9.81. The van der Waals surface area contributed by atoms with Gasteiger partial charge in [-0.2, -0.15) is 0 Å². The van der Waals surface area contributed by atoms with Gasteiger partial charge in [-0.1, -0.05) is 42.5 Å². The number of benzene rings is 2. The highest BCUT2D eigenvalue weighted by atomic mass is 35.5. The van der Waals surface area contributed by atoms with Crippen molar-refractivity contribution < 1.29 is 0 Å². The van der Waals surface area contributed by atoms with E-state index in [4.69, 9.17) is 5.73 Å². The van der Waals surface area contributed by atoms with Crippen LogP contribution in [0.4, 0.5) is 0 Å². The Morgan fingerprint density at radius 1 is 1.00 bits per heavy atom. The fraction of sp³-hybridized carbons (Fsp3) is 0.200. The van der Waals surface area contributed by atoms with Gasteiger partial charge in [-0.3, -0.25) is 0 Å². The molecule has 0 spiro atoms. The maximum absolute atomic E-state index is 5.91. The summed E-state index contributed by atoms with van der Waals surface area (Å²) >= 11 is 0. The minimum Gasteiger partial charge on any atom is -0.324 e. The molecule has 0 aliphatic heterocycles. The molecule has 88 valence electrons. The van der Waals surface area contributed by atoms with E-state index in [1.165, 1.54) is 27.8 Å². The number of hydrogen-bond donors (Lipinski definition) is 1. The van der Waals surface area contributed by atoms with Gasteiger partial charge in [0.25, 0.3) is 0 Å². The van der Waals surface area contributed by atoms with Crippen molar-refractivity contribution in [2.24, 2.45) is 5.73 Å². The van der Waals surface area contributed by atoms with Crippen LogP contribution in [-0.4, -0.2) is 0 Å². The molecule has 1 aliphatic carbocycles. The number of halogens is 1. The van der Waals surface area contributed by atoms with Gasteiger partial charge in [0.1, 0.15) is 0 Å². The summed E-state index contributed by atoms with van der Waals surface area (Å²) in [4.78, 5) is 0. The first-order valence-corrected chi connectivity index (χ1v) is 5.72. The summed E-state index contributed by atoms with van der Waals surface area (Å²) in [5.41, 5.74) is 12.7. The molecular formula is C15H16ClN. The highest BCUT2D eigenvalue weighted by Crippen LogP contribution is 2.37. The van der Waals surface area contributed by atoms with Crippen LogP contribution in [0.2, 0.25) is 0 Å². The van der Waals surface area contributed by atoms with Crippen LogP contribution in [0.15, 0.2) is 42.5 Å². The highest BCUT2D eigenvalue weighted by molar-refractivity contribution is 5.85. The molecule has 0 saturated heterocycles. The molecule has 0 heterocycles. The van der Waals surface area contributed by atoms with Gasteiger partial charge in [0.15, 0.2) is 0 Å². The van der Waals surface area contributed by atoms with Gasteiger partial charge in [-0.25, -0.2) is 0 Å². The minimum atomic E-state index is 0. The second-order valence-electron chi connectivity index (χ2n) is 4.54. The van der Waals surface area contributed by atoms with E-state index in [2.05, 4.69) is 42.5 Å². The lowest BCUT2D eigenvalue weighted by Crippen LogP contribution is -2.05. The topological polar surface area (TPSA) is 26.0 Å². The standard InChI is InChI=1S/C15H15N.ClH/c1-10(16)11-6-7-15-13(8-11)9-12-4-2-3-5-14(12)15;/h2-8,10H,9,16H2,1H3;1H/t10-;/m0./s1. The lowest BCUT2D eigenvalue weighted by molar-refractivity contribution is 0.816. The number of nitrogens with two attached hydrogens (primary N) is 1. The molecule has 2 aromatic rings. The summed E-state index contributed by atoms with van der Waals surface area (Å²) in [5.74, 6) is 0. The van der Waals surface area contributed by atoms with Crippen LogP contribution in [0.1, 0.15) is 29.7 Å². The van der Waals surface area contributed by atoms with Crippen LogP contribution in [0.25, 0.3) is 11.1 Å². The van der Waals surface area contributed by atoms with Gasteiger partial charge in [0, 0.05) is 6.04 Å². The third kappa shape index (κ3) is 1.97. The summed E-state index contributed by atoms with van der Waals surface area (Å²) in [6.45, 7) is 2.03. The van der Waals surface area contributed by atoms with Crippen molar-refractivity contribution in [1.82, 2.24) is 0 Å². The van der Waals surface area contributed by atoms with Crippen LogP contribution in [0, 0.1) is 0 Å². The average molecular weight is 246 g/mol. The van der Waals surface area contributed by atoms with E-state index >= 15 is 0 Å². The van der Waals surface area contributed by atoms with E-state index in [9.17, 15) is 0 Å². The van der Waals surface area contributed by atoms with Crippen molar-refractivity contribution in [3.63, 3.8) is 0 Å². The van der Waals surface area contributed by atoms with Crippen LogP contribution >= 0.6 is 12.4 Å². The van der Waals surface area contributed by atoms with Crippen LogP contribution < -0.4 is 5.73 Å². The lowest BCUT2D eigenvalue weighted by atomic mass is 10.0. The summed E-state index contributed by atoms with van der Waals surface area (Å²) in [7, 11) is 0. The minimum absolute atomic E-state index is 0. The molecule has 2 aromatic carbocycles.